The zero-order valence-corrected chi connectivity index (χ0v) is 21.7. The van der Waals surface area contributed by atoms with Crippen LogP contribution in [-0.2, 0) is 22.7 Å². The van der Waals surface area contributed by atoms with Crippen LogP contribution in [0.2, 0.25) is 0 Å². The van der Waals surface area contributed by atoms with E-state index in [4.69, 9.17) is 9.72 Å². The third-order valence-electron chi connectivity index (χ3n) is 8.31. The first-order valence-electron chi connectivity index (χ1n) is 13.9. The number of hydrogen-bond acceptors (Lipinski definition) is 7. The largest absolute Gasteiger partial charge is 0.492 e. The number of aromatic nitrogens is 1. The van der Waals surface area contributed by atoms with Gasteiger partial charge in [-0.1, -0.05) is 12.5 Å². The molecule has 6 rings (SSSR count). The number of amides is 3. The minimum absolute atomic E-state index is 0.163. The van der Waals surface area contributed by atoms with Gasteiger partial charge in [-0.15, -0.1) is 0 Å². The number of nitrogens with zero attached hydrogens (tertiary/aromatic N) is 4. The molecule has 2 unspecified atom stereocenters. The van der Waals surface area contributed by atoms with Crippen LogP contribution in [0.4, 0.5) is 5.82 Å². The first-order valence-corrected chi connectivity index (χ1v) is 13.9. The number of fused-ring (bicyclic) bond motifs is 1. The number of ether oxygens (including phenoxy) is 1. The molecule has 2 aromatic rings. The molecule has 3 saturated heterocycles. The van der Waals surface area contributed by atoms with Crippen LogP contribution >= 0.6 is 0 Å². The lowest BCUT2D eigenvalue weighted by molar-refractivity contribution is -0.136. The molecule has 4 aliphatic rings. The number of imide groups is 1. The maximum absolute atomic E-state index is 13.0. The molecule has 200 valence electrons. The second-order valence-corrected chi connectivity index (χ2v) is 10.9. The predicted octanol–water partition coefficient (Wildman–Crippen LogP) is 2.88. The van der Waals surface area contributed by atoms with Crippen molar-refractivity contribution in [2.45, 2.75) is 70.1 Å². The molecular formula is C29H35N5O4. The number of carbonyl (C=O) groups excluding carboxylic acids is 3. The van der Waals surface area contributed by atoms with Gasteiger partial charge in [0.05, 0.1) is 0 Å². The van der Waals surface area contributed by atoms with Crippen LogP contribution < -0.4 is 15.0 Å². The number of piperidine rings is 2. The number of hydrogen-bond donors (Lipinski definition) is 1. The fourth-order valence-corrected chi connectivity index (χ4v) is 6.17. The molecule has 5 heterocycles. The summed E-state index contributed by atoms with van der Waals surface area (Å²) in [7, 11) is 0. The second kappa shape index (κ2) is 10.7. The molecule has 1 aromatic heterocycles. The van der Waals surface area contributed by atoms with Crippen LogP contribution in [0.5, 0.6) is 5.75 Å². The molecule has 3 amide bonds. The molecule has 1 aromatic carbocycles. The average Bonchev–Trinajstić information content (AvgIpc) is 3.57. The summed E-state index contributed by atoms with van der Waals surface area (Å²) in [6, 6.07) is 9.64. The van der Waals surface area contributed by atoms with Crippen molar-refractivity contribution >= 4 is 23.5 Å². The van der Waals surface area contributed by atoms with Crippen molar-refractivity contribution < 1.29 is 19.1 Å². The summed E-state index contributed by atoms with van der Waals surface area (Å²) in [5, 5.41) is 2.35. The SMILES string of the molecule is O=C1CCC(N2Cc3cc(OCC4CCCCN4Cc4ccc(N5CCCC5)nc4)ccc3C2=O)C(=O)N1. The molecule has 0 spiro atoms. The molecule has 0 aliphatic carbocycles. The van der Waals surface area contributed by atoms with Crippen LogP contribution in [-0.4, -0.2) is 70.8 Å². The Balaban J connectivity index is 1.07. The lowest BCUT2D eigenvalue weighted by atomic mass is 10.0. The van der Waals surface area contributed by atoms with E-state index in [9.17, 15) is 14.4 Å². The zero-order valence-electron chi connectivity index (χ0n) is 21.7. The molecule has 2 atom stereocenters. The van der Waals surface area contributed by atoms with E-state index in [1.165, 1.54) is 31.2 Å². The van der Waals surface area contributed by atoms with Gasteiger partial charge in [0, 0.05) is 50.4 Å². The van der Waals surface area contributed by atoms with Gasteiger partial charge < -0.3 is 14.5 Å². The molecule has 3 fully saturated rings. The van der Waals surface area contributed by atoms with Crippen molar-refractivity contribution in [1.82, 2.24) is 20.1 Å². The van der Waals surface area contributed by atoms with Gasteiger partial charge in [-0.25, -0.2) is 4.98 Å². The first-order chi connectivity index (χ1) is 18.5. The van der Waals surface area contributed by atoms with Gasteiger partial charge in [0.15, 0.2) is 0 Å². The van der Waals surface area contributed by atoms with Gasteiger partial charge in [0.25, 0.3) is 5.91 Å². The van der Waals surface area contributed by atoms with Crippen molar-refractivity contribution in [1.29, 1.82) is 0 Å². The van der Waals surface area contributed by atoms with E-state index in [1.54, 1.807) is 11.0 Å². The Morgan fingerprint density at radius 3 is 2.61 bits per heavy atom. The minimum Gasteiger partial charge on any atom is -0.492 e. The zero-order chi connectivity index (χ0) is 26.1. The van der Waals surface area contributed by atoms with E-state index in [1.807, 2.05) is 18.3 Å². The van der Waals surface area contributed by atoms with E-state index in [0.29, 0.717) is 31.2 Å². The Morgan fingerprint density at radius 2 is 1.82 bits per heavy atom. The predicted molar refractivity (Wildman–Crippen MR) is 142 cm³/mol. The summed E-state index contributed by atoms with van der Waals surface area (Å²) in [6.45, 7) is 5.05. The Labute approximate surface area is 223 Å². The maximum atomic E-state index is 13.0. The Hall–Kier alpha value is -3.46. The number of pyridine rings is 1. The highest BCUT2D eigenvalue weighted by Crippen LogP contribution is 2.31. The number of benzene rings is 1. The fourth-order valence-electron chi connectivity index (χ4n) is 6.17. The van der Waals surface area contributed by atoms with E-state index < -0.39 is 11.9 Å². The van der Waals surface area contributed by atoms with E-state index >= 15 is 0 Å². The number of nitrogens with one attached hydrogen (secondary N) is 1. The normalized spacial score (nSPS) is 24.1. The highest BCUT2D eigenvalue weighted by molar-refractivity contribution is 6.05. The average molecular weight is 518 g/mol. The van der Waals surface area contributed by atoms with Crippen LogP contribution in [0.1, 0.15) is 66.4 Å². The summed E-state index contributed by atoms with van der Waals surface area (Å²) in [4.78, 5) is 47.9. The van der Waals surface area contributed by atoms with Crippen LogP contribution in [0, 0.1) is 0 Å². The smallest absolute Gasteiger partial charge is 0.255 e. The molecule has 0 bridgehead atoms. The lowest BCUT2D eigenvalue weighted by Crippen LogP contribution is -2.52. The van der Waals surface area contributed by atoms with Crippen molar-refractivity contribution in [3.8, 4) is 5.75 Å². The van der Waals surface area contributed by atoms with Gasteiger partial charge in [0.2, 0.25) is 11.8 Å². The molecular weight excluding hydrogens is 482 g/mol. The van der Waals surface area contributed by atoms with Crippen LogP contribution in [0.25, 0.3) is 0 Å². The van der Waals surface area contributed by atoms with Gasteiger partial charge in [-0.2, -0.15) is 0 Å². The molecule has 9 nitrogen and oxygen atoms in total. The molecule has 4 aliphatic heterocycles. The van der Waals surface area contributed by atoms with E-state index in [2.05, 4.69) is 27.2 Å². The van der Waals surface area contributed by atoms with Gasteiger partial charge >= 0.3 is 0 Å². The Bertz CT molecular complexity index is 1210. The molecule has 0 saturated carbocycles. The summed E-state index contributed by atoms with van der Waals surface area (Å²) in [5.41, 5.74) is 2.69. The quantitative estimate of drug-likeness (QED) is 0.565. The lowest BCUT2D eigenvalue weighted by Gasteiger charge is -2.35. The maximum Gasteiger partial charge on any atom is 0.255 e. The van der Waals surface area contributed by atoms with Crippen molar-refractivity contribution in [2.75, 3.05) is 31.1 Å². The molecule has 9 heteroatoms. The third kappa shape index (κ3) is 5.12. The Kier molecular flexibility index (Phi) is 7.02. The van der Waals surface area contributed by atoms with E-state index in [-0.39, 0.29) is 18.2 Å². The fraction of sp³-hybridized carbons (Fsp3) is 0.517. The third-order valence-corrected chi connectivity index (χ3v) is 8.31. The molecule has 38 heavy (non-hydrogen) atoms. The van der Waals surface area contributed by atoms with E-state index in [0.717, 1.165) is 49.7 Å². The highest BCUT2D eigenvalue weighted by Gasteiger charge is 2.39. The highest BCUT2D eigenvalue weighted by atomic mass is 16.5. The standard InChI is InChI=1S/C29H35N5O4/c35-27-11-9-25(28(36)31-27)34-18-21-15-23(7-8-24(21)29(34)37)38-19-22-5-1-2-14-33(22)17-20-6-10-26(30-16-20)32-12-3-4-13-32/h6-8,10,15-16,22,25H,1-5,9,11-14,17-19H2,(H,31,35,36). The van der Waals surface area contributed by atoms with Crippen molar-refractivity contribution in [2.24, 2.45) is 0 Å². The van der Waals surface area contributed by atoms with Gasteiger partial charge in [0.1, 0.15) is 24.2 Å². The van der Waals surface area contributed by atoms with Gasteiger partial charge in [-0.05, 0) is 74.0 Å². The summed E-state index contributed by atoms with van der Waals surface area (Å²) < 4.78 is 6.26. The summed E-state index contributed by atoms with van der Waals surface area (Å²) in [5.74, 6) is 0.985. The first kappa shape index (κ1) is 24.9. The van der Waals surface area contributed by atoms with Crippen molar-refractivity contribution in [3.63, 3.8) is 0 Å². The second-order valence-electron chi connectivity index (χ2n) is 10.9. The number of anilines is 1. The summed E-state index contributed by atoms with van der Waals surface area (Å²) in [6.07, 6.45) is 8.60. The number of likely N-dealkylation sites (tertiary alicyclic amines) is 1. The van der Waals surface area contributed by atoms with Crippen LogP contribution in [0.15, 0.2) is 36.5 Å². The monoisotopic (exact) mass is 517 g/mol. The number of carbonyl (C=O) groups is 3. The van der Waals surface area contributed by atoms with Crippen molar-refractivity contribution in [3.05, 3.63) is 53.2 Å². The molecule has 1 N–H and O–H groups in total. The molecule has 0 radical (unpaired) electrons. The summed E-state index contributed by atoms with van der Waals surface area (Å²) >= 11 is 0. The Morgan fingerprint density at radius 1 is 0.974 bits per heavy atom. The van der Waals surface area contributed by atoms with Crippen LogP contribution in [0.3, 0.4) is 0 Å². The number of rotatable bonds is 7. The topological polar surface area (TPSA) is 95.1 Å². The van der Waals surface area contributed by atoms with Gasteiger partial charge in [-0.3, -0.25) is 24.6 Å². The minimum atomic E-state index is -0.605.